The normalized spacial score (nSPS) is 18.6. The van der Waals surface area contributed by atoms with Gasteiger partial charge in [0.25, 0.3) is 0 Å². The topological polar surface area (TPSA) is 45.4 Å². The minimum Gasteiger partial charge on any atom is -0.354 e. The number of halogens is 2. The molecule has 0 radical (unpaired) electrons. The zero-order valence-corrected chi connectivity index (χ0v) is 14.1. The van der Waals surface area contributed by atoms with Gasteiger partial charge < -0.3 is 10.6 Å². The van der Waals surface area contributed by atoms with Crippen LogP contribution in [0.15, 0.2) is 12.3 Å². The van der Waals surface area contributed by atoms with Crippen molar-refractivity contribution < 1.29 is 0 Å². The molecule has 2 N–H and O–H groups in total. The van der Waals surface area contributed by atoms with E-state index in [0.29, 0.717) is 16.1 Å². The summed E-state index contributed by atoms with van der Waals surface area (Å²) in [7, 11) is 0. The van der Waals surface area contributed by atoms with Gasteiger partial charge in [0.1, 0.15) is 5.82 Å². The molecule has 2 rings (SSSR count). The molecule has 0 aliphatic carbocycles. The molecule has 1 aromatic rings. The summed E-state index contributed by atoms with van der Waals surface area (Å²) in [6.07, 6.45) is 4.99. The van der Waals surface area contributed by atoms with Crippen LogP contribution in [0, 0.1) is 0 Å². The lowest BCUT2D eigenvalue weighted by atomic mass is 10.1. The summed E-state index contributed by atoms with van der Waals surface area (Å²) in [5.41, 5.74) is 5.73. The Kier molecular flexibility index (Phi) is 6.55. The van der Waals surface area contributed by atoms with E-state index in [1.165, 1.54) is 0 Å². The Labute approximate surface area is 137 Å². The van der Waals surface area contributed by atoms with Gasteiger partial charge >= 0.3 is 0 Å². The Morgan fingerprint density at radius 1 is 1.29 bits per heavy atom. The minimum atomic E-state index is 0.578. The number of nitrogens with two attached hydrogens (primary N) is 1. The number of anilines is 1. The van der Waals surface area contributed by atoms with E-state index in [9.17, 15) is 0 Å². The predicted octanol–water partition coefficient (Wildman–Crippen LogP) is 3.03. The maximum Gasteiger partial charge on any atom is 0.147 e. The lowest BCUT2D eigenvalue weighted by Gasteiger charge is -2.29. The molecule has 1 atom stereocenters. The highest BCUT2D eigenvalue weighted by Crippen LogP contribution is 2.27. The fourth-order valence-electron chi connectivity index (χ4n) is 2.99. The Morgan fingerprint density at radius 2 is 2.10 bits per heavy atom. The molecule has 21 heavy (non-hydrogen) atoms. The standard InChI is InChI=1S/C15H24Cl2N4/c1-2-13(4-5-18)20-6-3-7-21(9-8-20)15-14(17)10-12(16)11-19-15/h10-11,13H,2-9,18H2,1H3. The first kappa shape index (κ1) is 16.8. The zero-order chi connectivity index (χ0) is 15.2. The van der Waals surface area contributed by atoms with Gasteiger partial charge in [-0.25, -0.2) is 4.98 Å². The average molecular weight is 331 g/mol. The van der Waals surface area contributed by atoms with E-state index >= 15 is 0 Å². The summed E-state index contributed by atoms with van der Waals surface area (Å²) in [6, 6.07) is 2.35. The molecule has 0 spiro atoms. The fourth-order valence-corrected chi connectivity index (χ4v) is 3.49. The molecule has 1 saturated heterocycles. The van der Waals surface area contributed by atoms with Crippen molar-refractivity contribution in [1.29, 1.82) is 0 Å². The van der Waals surface area contributed by atoms with Crippen molar-refractivity contribution in [2.24, 2.45) is 5.73 Å². The molecule has 1 aliphatic heterocycles. The van der Waals surface area contributed by atoms with Gasteiger partial charge in [0, 0.05) is 38.4 Å². The second-order valence-corrected chi connectivity index (χ2v) is 6.32. The van der Waals surface area contributed by atoms with E-state index in [2.05, 4.69) is 21.7 Å². The van der Waals surface area contributed by atoms with Crippen LogP contribution in [0.2, 0.25) is 10.0 Å². The van der Waals surface area contributed by atoms with Gasteiger partial charge in [0.05, 0.1) is 10.0 Å². The quantitative estimate of drug-likeness (QED) is 0.901. The maximum atomic E-state index is 6.27. The van der Waals surface area contributed by atoms with Crippen LogP contribution in [0.5, 0.6) is 0 Å². The van der Waals surface area contributed by atoms with E-state index in [0.717, 1.165) is 57.8 Å². The minimum absolute atomic E-state index is 0.578. The van der Waals surface area contributed by atoms with Gasteiger partial charge in [-0.15, -0.1) is 0 Å². The highest BCUT2D eigenvalue weighted by Gasteiger charge is 2.22. The molecule has 1 unspecified atom stereocenters. The van der Waals surface area contributed by atoms with Crippen molar-refractivity contribution in [3.63, 3.8) is 0 Å². The van der Waals surface area contributed by atoms with Crippen LogP contribution in [0.3, 0.4) is 0 Å². The summed E-state index contributed by atoms with van der Waals surface area (Å²) in [6.45, 7) is 7.04. The smallest absolute Gasteiger partial charge is 0.147 e. The number of rotatable bonds is 5. The van der Waals surface area contributed by atoms with Crippen LogP contribution >= 0.6 is 23.2 Å². The van der Waals surface area contributed by atoms with E-state index in [1.54, 1.807) is 12.3 Å². The molecule has 118 valence electrons. The van der Waals surface area contributed by atoms with Crippen LogP contribution in [0.4, 0.5) is 5.82 Å². The van der Waals surface area contributed by atoms with Crippen molar-refractivity contribution in [2.45, 2.75) is 32.2 Å². The number of aromatic nitrogens is 1. The Balaban J connectivity index is 2.03. The Morgan fingerprint density at radius 3 is 2.76 bits per heavy atom. The number of hydrogen-bond donors (Lipinski definition) is 1. The van der Waals surface area contributed by atoms with Gasteiger partial charge in [0.15, 0.2) is 0 Å². The molecule has 0 bridgehead atoms. The summed E-state index contributed by atoms with van der Waals surface area (Å²) in [4.78, 5) is 9.20. The number of nitrogens with zero attached hydrogens (tertiary/aromatic N) is 3. The first-order valence-corrected chi connectivity index (χ1v) is 8.41. The van der Waals surface area contributed by atoms with Crippen LogP contribution < -0.4 is 10.6 Å². The van der Waals surface area contributed by atoms with E-state index in [1.807, 2.05) is 0 Å². The monoisotopic (exact) mass is 330 g/mol. The Hall–Kier alpha value is -0.550. The van der Waals surface area contributed by atoms with E-state index in [-0.39, 0.29) is 0 Å². The van der Waals surface area contributed by atoms with Crippen molar-refractivity contribution >= 4 is 29.0 Å². The highest BCUT2D eigenvalue weighted by atomic mass is 35.5. The zero-order valence-electron chi connectivity index (χ0n) is 12.6. The Bertz CT molecular complexity index is 455. The first-order valence-electron chi connectivity index (χ1n) is 7.65. The van der Waals surface area contributed by atoms with Gasteiger partial charge in [-0.05, 0) is 31.9 Å². The van der Waals surface area contributed by atoms with E-state index in [4.69, 9.17) is 28.9 Å². The summed E-state index contributed by atoms with van der Waals surface area (Å²) >= 11 is 12.2. The van der Waals surface area contributed by atoms with Gasteiger partial charge in [0.2, 0.25) is 0 Å². The molecular formula is C15H24Cl2N4. The van der Waals surface area contributed by atoms with Crippen LogP contribution in [-0.2, 0) is 0 Å². The third-order valence-electron chi connectivity index (χ3n) is 4.11. The second-order valence-electron chi connectivity index (χ2n) is 5.47. The van der Waals surface area contributed by atoms with Crippen molar-refractivity contribution in [3.8, 4) is 0 Å². The lowest BCUT2D eigenvalue weighted by molar-refractivity contribution is 0.196. The molecule has 1 fully saturated rings. The third-order valence-corrected chi connectivity index (χ3v) is 4.59. The molecule has 0 saturated carbocycles. The predicted molar refractivity (Wildman–Crippen MR) is 90.4 cm³/mol. The molecule has 2 heterocycles. The first-order chi connectivity index (χ1) is 10.2. The average Bonchev–Trinajstić information content (AvgIpc) is 2.70. The van der Waals surface area contributed by atoms with Crippen molar-refractivity contribution in [2.75, 3.05) is 37.6 Å². The van der Waals surface area contributed by atoms with Crippen LogP contribution in [0.1, 0.15) is 26.2 Å². The van der Waals surface area contributed by atoms with E-state index < -0.39 is 0 Å². The number of pyridine rings is 1. The fraction of sp³-hybridized carbons (Fsp3) is 0.667. The van der Waals surface area contributed by atoms with Gasteiger partial charge in [-0.1, -0.05) is 30.1 Å². The molecule has 4 nitrogen and oxygen atoms in total. The SMILES string of the molecule is CCC(CCN)N1CCCN(c2ncc(Cl)cc2Cl)CC1. The summed E-state index contributed by atoms with van der Waals surface area (Å²) < 4.78 is 0. The van der Waals surface area contributed by atoms with Gasteiger partial charge in [-0.2, -0.15) is 0 Å². The third kappa shape index (κ3) is 4.46. The summed E-state index contributed by atoms with van der Waals surface area (Å²) in [5, 5.41) is 1.21. The van der Waals surface area contributed by atoms with Gasteiger partial charge in [-0.3, -0.25) is 4.90 Å². The molecule has 1 aromatic heterocycles. The maximum absolute atomic E-state index is 6.27. The molecule has 1 aliphatic rings. The van der Waals surface area contributed by atoms with Crippen molar-refractivity contribution in [1.82, 2.24) is 9.88 Å². The molecule has 0 aromatic carbocycles. The highest BCUT2D eigenvalue weighted by molar-refractivity contribution is 6.36. The van der Waals surface area contributed by atoms with Crippen LogP contribution in [0.25, 0.3) is 0 Å². The second kappa shape index (κ2) is 8.18. The molecule has 6 heteroatoms. The lowest BCUT2D eigenvalue weighted by Crippen LogP contribution is -2.39. The largest absolute Gasteiger partial charge is 0.354 e. The van der Waals surface area contributed by atoms with Crippen LogP contribution in [-0.4, -0.2) is 48.6 Å². The molecule has 0 amide bonds. The number of hydrogen-bond acceptors (Lipinski definition) is 4. The molecular weight excluding hydrogens is 307 g/mol. The summed E-state index contributed by atoms with van der Waals surface area (Å²) in [5.74, 6) is 0.842. The van der Waals surface area contributed by atoms with Crippen molar-refractivity contribution in [3.05, 3.63) is 22.3 Å².